The first-order valence-corrected chi connectivity index (χ1v) is 12.2. The number of rotatable bonds is 12. The fourth-order valence-corrected chi connectivity index (χ4v) is 4.69. The minimum absolute atomic E-state index is 0.182. The largest absolute Gasteiger partial charge is 0.493 e. The van der Waals surface area contributed by atoms with Crippen molar-refractivity contribution in [3.63, 3.8) is 0 Å². The molecule has 2 aliphatic rings. The van der Waals surface area contributed by atoms with E-state index in [-0.39, 0.29) is 18.8 Å². The van der Waals surface area contributed by atoms with Crippen LogP contribution in [0.3, 0.4) is 0 Å². The maximum absolute atomic E-state index is 10.1. The summed E-state index contributed by atoms with van der Waals surface area (Å²) >= 11 is 0. The zero-order valence-corrected chi connectivity index (χ0v) is 20.0. The van der Waals surface area contributed by atoms with E-state index in [0.29, 0.717) is 36.7 Å². The summed E-state index contributed by atoms with van der Waals surface area (Å²) in [6, 6.07) is 6.70. The van der Waals surface area contributed by atoms with Crippen LogP contribution in [0.25, 0.3) is 0 Å². The molecular weight excluding hydrogens is 408 g/mol. The van der Waals surface area contributed by atoms with Gasteiger partial charge in [0.15, 0.2) is 11.5 Å². The zero-order valence-electron chi connectivity index (χ0n) is 20.0. The lowest BCUT2D eigenvalue weighted by Gasteiger charge is -2.37. The molecule has 1 aromatic carbocycles. The Hall–Kier alpha value is -1.38. The molecule has 3 rings (SSSR count). The first kappa shape index (κ1) is 25.2. The summed E-state index contributed by atoms with van der Waals surface area (Å²) in [6.07, 6.45) is 5.91. The molecule has 1 saturated heterocycles. The van der Waals surface area contributed by atoms with Gasteiger partial charge in [-0.3, -0.25) is 4.90 Å². The number of nitrogens with one attached hydrogen (secondary N) is 1. The topological polar surface area (TPSA) is 83.4 Å². The van der Waals surface area contributed by atoms with Gasteiger partial charge in [0.1, 0.15) is 12.7 Å². The van der Waals surface area contributed by atoms with Crippen LogP contribution < -0.4 is 14.8 Å². The molecule has 0 bridgehead atoms. The lowest BCUT2D eigenvalue weighted by molar-refractivity contribution is -0.0316. The van der Waals surface area contributed by atoms with Crippen molar-refractivity contribution in [2.24, 2.45) is 0 Å². The molecule has 32 heavy (non-hydrogen) atoms. The normalized spacial score (nSPS) is 25.2. The van der Waals surface area contributed by atoms with Gasteiger partial charge in [0.05, 0.1) is 25.9 Å². The predicted molar refractivity (Wildman–Crippen MR) is 126 cm³/mol. The van der Waals surface area contributed by atoms with Crippen molar-refractivity contribution < 1.29 is 24.4 Å². The lowest BCUT2D eigenvalue weighted by Crippen LogP contribution is -2.46. The van der Waals surface area contributed by atoms with Crippen molar-refractivity contribution in [2.75, 3.05) is 40.0 Å². The van der Waals surface area contributed by atoms with E-state index in [1.807, 2.05) is 32.0 Å². The molecule has 1 heterocycles. The number of likely N-dealkylation sites (tertiary alicyclic amines) is 1. The molecule has 0 radical (unpaired) electrons. The van der Waals surface area contributed by atoms with Gasteiger partial charge in [-0.1, -0.05) is 32.8 Å². The summed E-state index contributed by atoms with van der Waals surface area (Å²) in [5.41, 5.74) is 1.14. The highest BCUT2D eigenvalue weighted by atomic mass is 16.5. The number of hydrogen-bond acceptors (Lipinski definition) is 7. The fourth-order valence-electron chi connectivity index (χ4n) is 4.69. The molecule has 2 fully saturated rings. The van der Waals surface area contributed by atoms with Crippen LogP contribution in [0, 0.1) is 0 Å². The van der Waals surface area contributed by atoms with Crippen LogP contribution in [-0.2, 0) is 11.2 Å². The molecule has 1 saturated carbocycles. The third-order valence-electron chi connectivity index (χ3n) is 6.48. The van der Waals surface area contributed by atoms with E-state index >= 15 is 0 Å². The summed E-state index contributed by atoms with van der Waals surface area (Å²) in [5, 5.41) is 23.2. The molecule has 3 N–H and O–H groups in total. The Bertz CT molecular complexity index is 686. The molecule has 4 atom stereocenters. The average molecular weight is 451 g/mol. The number of benzene rings is 1. The molecule has 1 aliphatic carbocycles. The van der Waals surface area contributed by atoms with Gasteiger partial charge in [-0.25, -0.2) is 0 Å². The van der Waals surface area contributed by atoms with E-state index in [9.17, 15) is 10.2 Å². The average Bonchev–Trinajstić information content (AvgIpc) is 3.23. The molecule has 0 amide bonds. The van der Waals surface area contributed by atoms with Crippen molar-refractivity contribution in [2.45, 2.75) is 82.8 Å². The predicted octanol–water partition coefficient (Wildman–Crippen LogP) is 2.37. The van der Waals surface area contributed by atoms with Crippen LogP contribution >= 0.6 is 0 Å². The van der Waals surface area contributed by atoms with Gasteiger partial charge < -0.3 is 29.7 Å². The zero-order chi connectivity index (χ0) is 22.9. The van der Waals surface area contributed by atoms with Crippen LogP contribution in [-0.4, -0.2) is 85.5 Å². The summed E-state index contributed by atoms with van der Waals surface area (Å²) in [4.78, 5) is 2.43. The van der Waals surface area contributed by atoms with Gasteiger partial charge in [-0.05, 0) is 43.4 Å². The molecule has 1 aromatic rings. The third-order valence-corrected chi connectivity index (χ3v) is 6.48. The van der Waals surface area contributed by atoms with Crippen LogP contribution in [0.4, 0.5) is 0 Å². The smallest absolute Gasteiger partial charge is 0.161 e. The molecule has 0 aromatic heterocycles. The number of hydrogen-bond donors (Lipinski definition) is 3. The second-order valence-corrected chi connectivity index (χ2v) is 9.46. The maximum atomic E-state index is 10.1. The number of ether oxygens (including phenoxy) is 3. The number of β-amino-alcohol motifs (C(OH)–C–C–N with tert-alkyl or cyclic N) is 1. The molecule has 0 spiro atoms. The van der Waals surface area contributed by atoms with Crippen molar-refractivity contribution >= 4 is 0 Å². The Labute approximate surface area is 193 Å². The molecule has 7 nitrogen and oxygen atoms in total. The summed E-state index contributed by atoms with van der Waals surface area (Å²) in [6.45, 7) is 7.23. The first-order valence-electron chi connectivity index (χ1n) is 12.2. The Balaban J connectivity index is 1.47. The SMILES string of the molecule is COc1cc(CCO[C@H]2CCCCC2N2CC[C@@H](O)C2)ccc1OCC(O)CNC(C)C. The van der Waals surface area contributed by atoms with Gasteiger partial charge in [0, 0.05) is 31.7 Å². The van der Waals surface area contributed by atoms with Gasteiger partial charge in [-0.2, -0.15) is 0 Å². The van der Waals surface area contributed by atoms with Gasteiger partial charge in [0.25, 0.3) is 0 Å². The quantitative estimate of drug-likeness (QED) is 0.451. The van der Waals surface area contributed by atoms with Crippen molar-refractivity contribution in [3.05, 3.63) is 23.8 Å². The third kappa shape index (κ3) is 7.59. The molecule has 2 unspecified atom stereocenters. The van der Waals surface area contributed by atoms with Crippen LogP contribution in [0.15, 0.2) is 18.2 Å². The number of nitrogens with zero attached hydrogens (tertiary/aromatic N) is 1. The minimum Gasteiger partial charge on any atom is -0.493 e. The first-order chi connectivity index (χ1) is 15.5. The van der Waals surface area contributed by atoms with E-state index in [2.05, 4.69) is 10.2 Å². The Morgan fingerprint density at radius 1 is 1.16 bits per heavy atom. The minimum atomic E-state index is -0.574. The lowest BCUT2D eigenvalue weighted by atomic mass is 9.91. The highest BCUT2D eigenvalue weighted by Gasteiger charge is 2.34. The highest BCUT2D eigenvalue weighted by Crippen LogP contribution is 2.30. The Kier molecular flexibility index (Phi) is 10.1. The van der Waals surface area contributed by atoms with E-state index in [0.717, 1.165) is 44.3 Å². The highest BCUT2D eigenvalue weighted by molar-refractivity contribution is 5.43. The summed E-state index contributed by atoms with van der Waals surface area (Å²) in [5.74, 6) is 1.31. The van der Waals surface area contributed by atoms with Gasteiger partial charge in [-0.15, -0.1) is 0 Å². The fraction of sp³-hybridized carbons (Fsp3) is 0.760. The Morgan fingerprint density at radius 3 is 2.69 bits per heavy atom. The van der Waals surface area contributed by atoms with Crippen LogP contribution in [0.5, 0.6) is 11.5 Å². The van der Waals surface area contributed by atoms with Gasteiger partial charge in [0.2, 0.25) is 0 Å². The molecule has 182 valence electrons. The molecule has 1 aliphatic heterocycles. The van der Waals surface area contributed by atoms with Crippen molar-refractivity contribution in [1.29, 1.82) is 0 Å². The van der Waals surface area contributed by atoms with E-state index in [1.54, 1.807) is 7.11 Å². The monoisotopic (exact) mass is 450 g/mol. The van der Waals surface area contributed by atoms with E-state index < -0.39 is 6.10 Å². The molecular formula is C25H42N2O5. The van der Waals surface area contributed by atoms with E-state index in [4.69, 9.17) is 14.2 Å². The number of aliphatic hydroxyl groups is 2. The maximum Gasteiger partial charge on any atom is 0.161 e. The number of methoxy groups -OCH3 is 1. The summed E-state index contributed by atoms with van der Waals surface area (Å²) in [7, 11) is 1.64. The van der Waals surface area contributed by atoms with Crippen LogP contribution in [0.1, 0.15) is 51.5 Å². The number of aliphatic hydroxyl groups excluding tert-OH is 2. The molecule has 7 heteroatoms. The standard InChI is InChI=1S/C25H42N2O5/c1-18(2)26-15-21(29)17-32-24-9-8-19(14-25(24)30-3)11-13-31-23-7-5-4-6-22(23)27-12-10-20(28)16-27/h8-9,14,18,20-23,26,28-29H,4-7,10-13,15-17H2,1-3H3/t20-,21?,22?,23+/m1/s1. The second-order valence-electron chi connectivity index (χ2n) is 9.46. The van der Waals surface area contributed by atoms with Crippen molar-refractivity contribution in [1.82, 2.24) is 10.2 Å². The van der Waals surface area contributed by atoms with E-state index in [1.165, 1.54) is 12.8 Å². The second kappa shape index (κ2) is 12.8. The van der Waals surface area contributed by atoms with Crippen molar-refractivity contribution in [3.8, 4) is 11.5 Å². The van der Waals surface area contributed by atoms with Gasteiger partial charge >= 0.3 is 0 Å². The Morgan fingerprint density at radius 2 is 1.97 bits per heavy atom. The van der Waals surface area contributed by atoms with Crippen LogP contribution in [0.2, 0.25) is 0 Å². The summed E-state index contributed by atoms with van der Waals surface area (Å²) < 4.78 is 17.6.